The third kappa shape index (κ3) is 8.83. The average molecular weight is 722 g/mol. The van der Waals surface area contributed by atoms with Crippen molar-refractivity contribution < 1.29 is 24.9 Å². The van der Waals surface area contributed by atoms with Gasteiger partial charge in [0.2, 0.25) is 0 Å². The Morgan fingerprint density at radius 1 is 0.851 bits per heavy atom. The lowest BCUT2D eigenvalue weighted by atomic mass is 10.0. The summed E-state index contributed by atoms with van der Waals surface area (Å²) in [6.45, 7) is 0.00900. The van der Waals surface area contributed by atoms with Gasteiger partial charge in [0.1, 0.15) is 10.0 Å². The molecule has 254 valence electrons. The van der Waals surface area contributed by atoms with E-state index < -0.39 is 6.10 Å². The van der Waals surface area contributed by atoms with Crippen molar-refractivity contribution in [3.63, 3.8) is 0 Å². The number of thiazole rings is 2. The van der Waals surface area contributed by atoms with E-state index in [-0.39, 0.29) is 24.0 Å². The number of aromatic nitrogens is 2. The molecule has 0 bridgehead atoms. The van der Waals surface area contributed by atoms with Crippen molar-refractivity contribution in [2.24, 2.45) is 0 Å². The zero-order chi connectivity index (χ0) is 34.2. The number of aryl methyl sites for hydroxylation is 2. The molecule has 2 atom stereocenters. The maximum atomic E-state index is 12.1. The van der Waals surface area contributed by atoms with Gasteiger partial charge in [-0.25, -0.2) is 14.8 Å². The Balaban J connectivity index is 0.000000197. The Morgan fingerprint density at radius 2 is 1.32 bits per heavy atom. The van der Waals surface area contributed by atoms with Crippen LogP contribution in [0.5, 0.6) is 0 Å². The van der Waals surface area contributed by atoms with Crippen LogP contribution in [0.4, 0.5) is 11.4 Å². The van der Waals surface area contributed by atoms with Gasteiger partial charge in [-0.3, -0.25) is 0 Å². The Hall–Kier alpha value is -2.77. The molecule has 13 heteroatoms. The van der Waals surface area contributed by atoms with Crippen LogP contribution in [0.15, 0.2) is 36.4 Å². The van der Waals surface area contributed by atoms with Crippen LogP contribution in [-0.4, -0.2) is 71.9 Å². The van der Waals surface area contributed by atoms with Gasteiger partial charge in [0.25, 0.3) is 0 Å². The van der Waals surface area contributed by atoms with Gasteiger partial charge in [0.05, 0.1) is 63.7 Å². The predicted molar refractivity (Wildman–Crippen MR) is 193 cm³/mol. The minimum atomic E-state index is -0.411. The van der Waals surface area contributed by atoms with Crippen molar-refractivity contribution in [3.8, 4) is 21.1 Å². The molecule has 0 aliphatic heterocycles. The largest absolute Gasteiger partial charge is 0.465 e. The Kier molecular flexibility index (Phi) is 13.4. The summed E-state index contributed by atoms with van der Waals surface area (Å²) >= 11 is 12.6. The zero-order valence-electron chi connectivity index (χ0n) is 27.3. The van der Waals surface area contributed by atoms with Crippen molar-refractivity contribution in [3.05, 3.63) is 68.7 Å². The van der Waals surface area contributed by atoms with Crippen molar-refractivity contribution in [1.29, 1.82) is 0 Å². The van der Waals surface area contributed by atoms with Crippen molar-refractivity contribution in [1.82, 2.24) is 9.97 Å². The number of nitrogens with zero attached hydrogens (tertiary/aromatic N) is 4. The molecule has 2 heterocycles. The van der Waals surface area contributed by atoms with E-state index in [4.69, 9.17) is 27.9 Å². The number of halogens is 2. The summed E-state index contributed by atoms with van der Waals surface area (Å²) in [6, 6.07) is 11.7. The number of fused-ring (bicyclic) bond motifs is 2. The predicted octanol–water partition coefficient (Wildman–Crippen LogP) is 7.19. The molecule has 4 aromatic rings. The van der Waals surface area contributed by atoms with Crippen LogP contribution in [0.3, 0.4) is 0 Å². The van der Waals surface area contributed by atoms with E-state index in [9.17, 15) is 20.1 Å². The van der Waals surface area contributed by atoms with E-state index in [1.54, 1.807) is 11.3 Å². The molecule has 6 rings (SSSR count). The molecule has 0 spiro atoms. The van der Waals surface area contributed by atoms with Gasteiger partial charge in [-0.1, -0.05) is 0 Å². The fourth-order valence-corrected chi connectivity index (χ4v) is 7.91. The first-order chi connectivity index (χ1) is 22.5. The minimum Gasteiger partial charge on any atom is -0.465 e. The molecule has 2 unspecified atom stereocenters. The first-order valence-electron chi connectivity index (χ1n) is 15.3. The molecule has 9 nitrogen and oxygen atoms in total. The molecule has 2 aliphatic carbocycles. The number of esters is 1. The molecule has 0 fully saturated rings. The first-order valence-corrected chi connectivity index (χ1v) is 18.0. The Bertz CT molecular complexity index is 1660. The lowest BCUT2D eigenvalue weighted by Crippen LogP contribution is -2.14. The molecular weight excluding hydrogens is 679 g/mol. The lowest BCUT2D eigenvalue weighted by molar-refractivity contribution is 0.0601. The monoisotopic (exact) mass is 720 g/mol. The number of carbonyl (C=O) groups excluding carboxylic acids is 1. The number of benzene rings is 2. The summed E-state index contributed by atoms with van der Waals surface area (Å²) in [6.07, 6.45) is 4.67. The van der Waals surface area contributed by atoms with Crippen molar-refractivity contribution in [2.45, 2.75) is 57.3 Å². The number of ether oxygens (including phenoxy) is 1. The molecule has 0 saturated carbocycles. The number of aliphatic hydroxyl groups excluding tert-OH is 3. The quantitative estimate of drug-likeness (QED) is 0.140. The number of hydrogen-bond acceptors (Lipinski definition) is 11. The van der Waals surface area contributed by atoms with E-state index in [2.05, 4.69) is 9.97 Å². The zero-order valence-corrected chi connectivity index (χ0v) is 30.4. The Labute approximate surface area is 294 Å². The van der Waals surface area contributed by atoms with Crippen LogP contribution in [0.1, 0.15) is 75.0 Å². The number of alkyl halides is 2. The second-order valence-corrected chi connectivity index (χ2v) is 14.5. The average Bonchev–Trinajstić information content (AvgIpc) is 3.71. The van der Waals surface area contributed by atoms with Crippen LogP contribution in [-0.2, 0) is 24.2 Å². The molecule has 47 heavy (non-hydrogen) atoms. The van der Waals surface area contributed by atoms with E-state index in [1.807, 2.05) is 74.4 Å². The number of anilines is 2. The molecule has 0 amide bonds. The van der Waals surface area contributed by atoms with E-state index in [0.29, 0.717) is 5.56 Å². The van der Waals surface area contributed by atoms with Gasteiger partial charge in [0, 0.05) is 50.6 Å². The number of rotatable bonds is 6. The standard InChI is InChI=1S/C17H20N2O3S.C16H20N2O2S.CH2Cl2/c1-19(2)13-8-7-10(9-11(13)17(21)22-3)16-18-12-5-4-6-14(20)15(12)23-16;1-18(2)13-7-6-10(8-11(13)9-19)16-17-12-4-3-5-14(20)15(12)21-16;2-1-3/h7-9,14,20H,4-6H2,1-3H3;6-8,14,19-20H,3-5,9H2,1-2H3;1H2. The van der Waals surface area contributed by atoms with Crippen molar-refractivity contribution >= 4 is 63.2 Å². The van der Waals surface area contributed by atoms with E-state index in [1.165, 1.54) is 18.4 Å². The van der Waals surface area contributed by atoms with Gasteiger partial charge in [0.15, 0.2) is 0 Å². The number of carbonyl (C=O) groups is 1. The van der Waals surface area contributed by atoms with E-state index >= 15 is 0 Å². The second kappa shape index (κ2) is 17.1. The lowest BCUT2D eigenvalue weighted by Gasteiger charge is -2.17. The molecule has 0 saturated heterocycles. The molecular formula is C34H42Cl2N4O5S2. The molecule has 0 radical (unpaired) electrons. The Morgan fingerprint density at radius 3 is 1.74 bits per heavy atom. The fraction of sp³-hybridized carbons (Fsp3) is 0.441. The molecule has 3 N–H and O–H groups in total. The van der Waals surface area contributed by atoms with Crippen LogP contribution < -0.4 is 9.80 Å². The number of hydrogen-bond donors (Lipinski definition) is 3. The van der Waals surface area contributed by atoms with Crippen molar-refractivity contribution in [2.75, 3.05) is 50.4 Å². The van der Waals surface area contributed by atoms with Crippen LogP contribution >= 0.6 is 45.9 Å². The second-order valence-electron chi connectivity index (χ2n) is 11.6. The van der Waals surface area contributed by atoms with Gasteiger partial charge < -0.3 is 29.9 Å². The van der Waals surface area contributed by atoms with Gasteiger partial charge in [-0.05, 0) is 74.9 Å². The first kappa shape index (κ1) is 37.1. The highest BCUT2D eigenvalue weighted by Crippen LogP contribution is 2.40. The highest BCUT2D eigenvalue weighted by atomic mass is 35.5. The summed E-state index contributed by atoms with van der Waals surface area (Å²) in [7, 11) is 9.09. The van der Waals surface area contributed by atoms with Gasteiger partial charge in [-0.15, -0.1) is 45.9 Å². The summed E-state index contributed by atoms with van der Waals surface area (Å²) in [5.41, 5.74) is 7.15. The summed E-state index contributed by atoms with van der Waals surface area (Å²) in [4.78, 5) is 27.3. The third-order valence-electron chi connectivity index (χ3n) is 7.95. The van der Waals surface area contributed by atoms with Gasteiger partial charge >= 0.3 is 5.97 Å². The normalized spacial score (nSPS) is 16.5. The maximum Gasteiger partial charge on any atom is 0.339 e. The van der Waals surface area contributed by atoms with Crippen LogP contribution in [0.2, 0.25) is 0 Å². The highest BCUT2D eigenvalue weighted by Gasteiger charge is 2.25. The topological polar surface area (TPSA) is 119 Å². The SMILES string of the molecule is CN(C)c1ccc(-c2nc3c(s2)C(O)CCC3)cc1CO.COC(=O)c1cc(-c2nc3c(s2)C(O)CCC3)ccc1N(C)C.ClCCl. The fourth-order valence-electron chi connectivity index (χ4n) is 5.65. The number of methoxy groups -OCH3 is 1. The van der Waals surface area contributed by atoms with Gasteiger partial charge in [-0.2, -0.15) is 0 Å². The van der Waals surface area contributed by atoms with E-state index in [0.717, 1.165) is 97.7 Å². The van der Waals surface area contributed by atoms with Crippen LogP contribution in [0, 0.1) is 0 Å². The molecule has 2 aliphatic rings. The number of aliphatic hydroxyl groups is 3. The summed E-state index contributed by atoms with van der Waals surface area (Å²) in [5, 5.41) is 31.7. The minimum absolute atomic E-state index is 0.00900. The summed E-state index contributed by atoms with van der Waals surface area (Å²) in [5.74, 6) is -0.364. The summed E-state index contributed by atoms with van der Waals surface area (Å²) < 4.78 is 4.89. The smallest absolute Gasteiger partial charge is 0.339 e. The third-order valence-corrected chi connectivity index (χ3v) is 10.4. The highest BCUT2D eigenvalue weighted by molar-refractivity contribution is 7.15. The van der Waals surface area contributed by atoms with Crippen LogP contribution in [0.25, 0.3) is 21.1 Å². The molecule has 2 aromatic carbocycles. The molecule has 2 aromatic heterocycles. The maximum absolute atomic E-state index is 12.1.